The van der Waals surface area contributed by atoms with Crippen LogP contribution in [0.2, 0.25) is 0 Å². The van der Waals surface area contributed by atoms with E-state index in [9.17, 15) is 9.59 Å². The Morgan fingerprint density at radius 1 is 1.10 bits per heavy atom. The van der Waals surface area contributed by atoms with E-state index in [2.05, 4.69) is 16.0 Å². The van der Waals surface area contributed by atoms with Crippen LogP contribution in [0.1, 0.15) is 24.3 Å². The average Bonchev–Trinajstić information content (AvgIpc) is 3.22. The summed E-state index contributed by atoms with van der Waals surface area (Å²) in [5, 5.41) is 8.96. The molecule has 2 aliphatic rings. The second-order valence-corrected chi connectivity index (χ2v) is 5.38. The second-order valence-electron chi connectivity index (χ2n) is 5.38. The molecule has 3 N–H and O–H groups in total. The molecular formula is C15H19N3O2. The Morgan fingerprint density at radius 2 is 1.80 bits per heavy atom. The van der Waals surface area contributed by atoms with Gasteiger partial charge in [0.25, 0.3) is 0 Å². The summed E-state index contributed by atoms with van der Waals surface area (Å²) < 4.78 is 0. The second kappa shape index (κ2) is 5.53. The first-order chi connectivity index (χ1) is 9.75. The third-order valence-electron chi connectivity index (χ3n) is 3.82. The highest BCUT2D eigenvalue weighted by Gasteiger charge is 2.29. The maximum Gasteiger partial charge on any atom is 0.229 e. The van der Waals surface area contributed by atoms with Gasteiger partial charge in [0.05, 0.1) is 5.92 Å². The molecule has 0 bridgehead atoms. The fourth-order valence-corrected chi connectivity index (χ4v) is 2.50. The van der Waals surface area contributed by atoms with Crippen LogP contribution >= 0.6 is 0 Å². The van der Waals surface area contributed by atoms with Gasteiger partial charge in [0, 0.05) is 31.2 Å². The molecule has 1 aromatic carbocycles. The van der Waals surface area contributed by atoms with Gasteiger partial charge in [0.15, 0.2) is 0 Å². The number of hydrogen-bond acceptors (Lipinski definition) is 3. The highest BCUT2D eigenvalue weighted by atomic mass is 16.2. The molecular weight excluding hydrogens is 254 g/mol. The molecule has 5 heteroatoms. The van der Waals surface area contributed by atoms with Crippen molar-refractivity contribution in [3.8, 4) is 0 Å². The third-order valence-corrected chi connectivity index (χ3v) is 3.82. The van der Waals surface area contributed by atoms with E-state index >= 15 is 0 Å². The smallest absolute Gasteiger partial charge is 0.229 e. The van der Waals surface area contributed by atoms with E-state index in [-0.39, 0.29) is 23.7 Å². The maximum atomic E-state index is 12.1. The van der Waals surface area contributed by atoms with Crippen LogP contribution in [0.25, 0.3) is 0 Å². The molecule has 20 heavy (non-hydrogen) atoms. The molecule has 0 spiro atoms. The van der Waals surface area contributed by atoms with Crippen LogP contribution in [0.15, 0.2) is 24.3 Å². The SMILES string of the molecule is O=C(NCCNC(=O)C1CNc2ccccc21)C1CC1. The van der Waals surface area contributed by atoms with Crippen LogP contribution in [-0.2, 0) is 9.59 Å². The molecule has 3 rings (SSSR count). The highest BCUT2D eigenvalue weighted by Crippen LogP contribution is 2.31. The van der Waals surface area contributed by atoms with Gasteiger partial charge in [-0.1, -0.05) is 18.2 Å². The van der Waals surface area contributed by atoms with Crippen molar-refractivity contribution >= 4 is 17.5 Å². The normalized spacial score (nSPS) is 19.9. The van der Waals surface area contributed by atoms with Gasteiger partial charge in [-0.2, -0.15) is 0 Å². The molecule has 2 amide bonds. The summed E-state index contributed by atoms with van der Waals surface area (Å²) in [6, 6.07) is 7.87. The topological polar surface area (TPSA) is 70.2 Å². The lowest BCUT2D eigenvalue weighted by atomic mass is 10.0. The molecule has 5 nitrogen and oxygen atoms in total. The summed E-state index contributed by atoms with van der Waals surface area (Å²) in [7, 11) is 0. The van der Waals surface area contributed by atoms with E-state index in [1.807, 2.05) is 24.3 Å². The molecule has 1 aromatic rings. The zero-order valence-corrected chi connectivity index (χ0v) is 11.3. The molecule has 1 atom stereocenters. The van der Waals surface area contributed by atoms with Gasteiger partial charge < -0.3 is 16.0 Å². The summed E-state index contributed by atoms with van der Waals surface area (Å²) in [5.74, 6) is 0.220. The summed E-state index contributed by atoms with van der Waals surface area (Å²) in [6.45, 7) is 1.62. The lowest BCUT2D eigenvalue weighted by Gasteiger charge is -2.11. The summed E-state index contributed by atoms with van der Waals surface area (Å²) in [6.07, 6.45) is 2.01. The lowest BCUT2D eigenvalue weighted by Crippen LogP contribution is -2.37. The van der Waals surface area contributed by atoms with Crippen LogP contribution in [0, 0.1) is 5.92 Å². The van der Waals surface area contributed by atoms with Gasteiger partial charge in [-0.3, -0.25) is 9.59 Å². The summed E-state index contributed by atoms with van der Waals surface area (Å²) in [4.78, 5) is 23.6. The lowest BCUT2D eigenvalue weighted by molar-refractivity contribution is -0.124. The van der Waals surface area contributed by atoms with Crippen molar-refractivity contribution in [2.45, 2.75) is 18.8 Å². The summed E-state index contributed by atoms with van der Waals surface area (Å²) in [5.41, 5.74) is 2.08. The third kappa shape index (κ3) is 2.76. The van der Waals surface area contributed by atoms with E-state index in [1.165, 1.54) is 0 Å². The average molecular weight is 273 g/mol. The Balaban J connectivity index is 1.44. The first-order valence-electron chi connectivity index (χ1n) is 7.14. The van der Waals surface area contributed by atoms with Gasteiger partial charge in [-0.05, 0) is 24.5 Å². The quantitative estimate of drug-likeness (QED) is 0.696. The van der Waals surface area contributed by atoms with Crippen LogP contribution in [0.5, 0.6) is 0 Å². The number of fused-ring (bicyclic) bond motifs is 1. The minimum atomic E-state index is -0.134. The molecule has 0 saturated heterocycles. The predicted octanol–water partition coefficient (Wildman–Crippen LogP) is 0.838. The Bertz CT molecular complexity index is 526. The zero-order chi connectivity index (χ0) is 13.9. The van der Waals surface area contributed by atoms with E-state index in [0.717, 1.165) is 24.1 Å². The molecule has 1 saturated carbocycles. The molecule has 0 radical (unpaired) electrons. The first kappa shape index (κ1) is 13.0. The number of amides is 2. The van der Waals surface area contributed by atoms with Crippen molar-refractivity contribution in [1.82, 2.24) is 10.6 Å². The number of nitrogens with one attached hydrogen (secondary N) is 3. The number of hydrogen-bond donors (Lipinski definition) is 3. The molecule has 1 fully saturated rings. The van der Waals surface area contributed by atoms with Crippen molar-refractivity contribution < 1.29 is 9.59 Å². The fraction of sp³-hybridized carbons (Fsp3) is 0.467. The van der Waals surface area contributed by atoms with Gasteiger partial charge in [-0.25, -0.2) is 0 Å². The number of benzene rings is 1. The van der Waals surface area contributed by atoms with Crippen LogP contribution in [0.3, 0.4) is 0 Å². The molecule has 1 unspecified atom stereocenters. The van der Waals surface area contributed by atoms with Crippen molar-refractivity contribution in [1.29, 1.82) is 0 Å². The van der Waals surface area contributed by atoms with E-state index in [1.54, 1.807) is 0 Å². The van der Waals surface area contributed by atoms with Crippen LogP contribution in [0.4, 0.5) is 5.69 Å². The number of anilines is 1. The molecule has 1 aliphatic carbocycles. The molecule has 106 valence electrons. The number of para-hydroxylation sites is 1. The van der Waals surface area contributed by atoms with Crippen molar-refractivity contribution in [3.05, 3.63) is 29.8 Å². The van der Waals surface area contributed by atoms with E-state index in [4.69, 9.17) is 0 Å². The standard InChI is InChI=1S/C15H19N3O2/c19-14(10-5-6-10)16-7-8-17-15(20)12-9-18-13-4-2-1-3-11(12)13/h1-4,10,12,18H,5-9H2,(H,16,19)(H,17,20). The largest absolute Gasteiger partial charge is 0.384 e. The Hall–Kier alpha value is -2.04. The van der Waals surface area contributed by atoms with Gasteiger partial charge >= 0.3 is 0 Å². The predicted molar refractivity (Wildman–Crippen MR) is 76.4 cm³/mol. The van der Waals surface area contributed by atoms with Crippen molar-refractivity contribution in [3.63, 3.8) is 0 Å². The Kier molecular flexibility index (Phi) is 3.58. The minimum Gasteiger partial charge on any atom is -0.384 e. The zero-order valence-electron chi connectivity index (χ0n) is 11.3. The molecule has 1 aliphatic heterocycles. The summed E-state index contributed by atoms with van der Waals surface area (Å²) >= 11 is 0. The minimum absolute atomic E-state index is 0.0168. The molecule has 1 heterocycles. The molecule has 0 aromatic heterocycles. The Morgan fingerprint density at radius 3 is 2.55 bits per heavy atom. The first-order valence-corrected chi connectivity index (χ1v) is 7.14. The van der Waals surface area contributed by atoms with Crippen molar-refractivity contribution in [2.24, 2.45) is 5.92 Å². The van der Waals surface area contributed by atoms with Crippen molar-refractivity contribution in [2.75, 3.05) is 25.0 Å². The number of rotatable bonds is 5. The van der Waals surface area contributed by atoms with Crippen LogP contribution in [-0.4, -0.2) is 31.4 Å². The van der Waals surface area contributed by atoms with Gasteiger partial charge in [0.1, 0.15) is 0 Å². The highest BCUT2D eigenvalue weighted by molar-refractivity contribution is 5.88. The van der Waals surface area contributed by atoms with Gasteiger partial charge in [0.2, 0.25) is 11.8 Å². The maximum absolute atomic E-state index is 12.1. The van der Waals surface area contributed by atoms with E-state index in [0.29, 0.717) is 19.6 Å². The van der Waals surface area contributed by atoms with Gasteiger partial charge in [-0.15, -0.1) is 0 Å². The monoisotopic (exact) mass is 273 g/mol. The Labute approximate surface area is 118 Å². The number of carbonyl (C=O) groups excluding carboxylic acids is 2. The van der Waals surface area contributed by atoms with E-state index < -0.39 is 0 Å². The fourth-order valence-electron chi connectivity index (χ4n) is 2.50. The number of carbonyl (C=O) groups is 2. The van der Waals surface area contributed by atoms with Crippen LogP contribution < -0.4 is 16.0 Å².